The second kappa shape index (κ2) is 10.5. The number of carbonyl (C=O) groups is 3. The van der Waals surface area contributed by atoms with Gasteiger partial charge in [-0.15, -0.1) is 0 Å². The van der Waals surface area contributed by atoms with Crippen LogP contribution in [0.2, 0.25) is 0 Å². The van der Waals surface area contributed by atoms with Crippen molar-refractivity contribution in [1.29, 1.82) is 0 Å². The number of carbonyl (C=O) groups excluding carboxylic acids is 2. The van der Waals surface area contributed by atoms with Crippen LogP contribution in [0.25, 0.3) is 0 Å². The van der Waals surface area contributed by atoms with Gasteiger partial charge in [0, 0.05) is 41.3 Å². The Labute approximate surface area is 230 Å². The lowest BCUT2D eigenvalue weighted by Crippen LogP contribution is -2.41. The zero-order chi connectivity index (χ0) is 26.3. The van der Waals surface area contributed by atoms with Crippen molar-refractivity contribution in [3.05, 3.63) is 84.8 Å². The van der Waals surface area contributed by atoms with E-state index in [9.17, 15) is 23.9 Å². The molecule has 9 heteroatoms. The minimum atomic E-state index is -1.00. The Balaban J connectivity index is 1.58. The van der Waals surface area contributed by atoms with Crippen LogP contribution in [0.3, 0.4) is 0 Å². The number of carboxylic acid groups (broad SMARTS) is 1. The molecule has 5 rings (SSSR count). The lowest BCUT2D eigenvalue weighted by Gasteiger charge is -2.43. The molecular weight excluding hydrogens is 609 g/mol. The normalized spacial score (nSPS) is 18.2. The third-order valence-electron chi connectivity index (χ3n) is 7.01. The summed E-state index contributed by atoms with van der Waals surface area (Å²) < 4.78 is 20.8. The Kier molecular flexibility index (Phi) is 7.36. The van der Waals surface area contributed by atoms with Crippen molar-refractivity contribution >= 4 is 49.4 Å². The van der Waals surface area contributed by atoms with Gasteiger partial charge in [0.25, 0.3) is 0 Å². The number of hydrogen-bond acceptors (Lipinski definition) is 5. The first-order chi connectivity index (χ1) is 17.7. The molecule has 2 aromatic rings. The molecule has 0 bridgehead atoms. The predicted octanol–water partition coefficient (Wildman–Crippen LogP) is 6.43. The molecule has 0 unspecified atom stereocenters. The fourth-order valence-electron chi connectivity index (χ4n) is 5.54. The van der Waals surface area contributed by atoms with Gasteiger partial charge in [-0.05, 0) is 92.9 Å². The molecule has 0 fully saturated rings. The van der Waals surface area contributed by atoms with E-state index in [0.29, 0.717) is 69.9 Å². The van der Waals surface area contributed by atoms with E-state index in [1.807, 2.05) is 12.1 Å². The number of ketones is 2. The predicted molar refractivity (Wildman–Crippen MR) is 141 cm³/mol. The number of ether oxygens (including phenoxy) is 1. The number of halogens is 3. The van der Waals surface area contributed by atoms with Crippen molar-refractivity contribution in [2.75, 3.05) is 6.54 Å². The van der Waals surface area contributed by atoms with Crippen molar-refractivity contribution in [1.82, 2.24) is 4.90 Å². The zero-order valence-electron chi connectivity index (χ0n) is 19.9. The van der Waals surface area contributed by atoms with Crippen LogP contribution in [-0.4, -0.2) is 34.1 Å². The number of aliphatic carboxylic acids is 1. The molecule has 0 saturated carbocycles. The van der Waals surface area contributed by atoms with E-state index in [2.05, 4.69) is 31.9 Å². The zero-order valence-corrected chi connectivity index (χ0v) is 23.0. The summed E-state index contributed by atoms with van der Waals surface area (Å²) in [5, 5.41) is 9.61. The van der Waals surface area contributed by atoms with Crippen molar-refractivity contribution in [3.8, 4) is 5.75 Å². The minimum Gasteiger partial charge on any atom is -0.487 e. The second-order valence-corrected chi connectivity index (χ2v) is 11.1. The van der Waals surface area contributed by atoms with E-state index in [0.717, 1.165) is 17.0 Å². The molecule has 0 aromatic heterocycles. The molecule has 0 radical (unpaired) electrons. The van der Waals surface area contributed by atoms with Gasteiger partial charge in [-0.3, -0.25) is 14.4 Å². The third-order valence-corrected chi connectivity index (χ3v) is 8.18. The highest BCUT2D eigenvalue weighted by molar-refractivity contribution is 9.11. The first-order valence-electron chi connectivity index (χ1n) is 12.1. The van der Waals surface area contributed by atoms with Gasteiger partial charge in [0.1, 0.15) is 24.7 Å². The molecule has 0 spiro atoms. The first-order valence-corrected chi connectivity index (χ1v) is 13.7. The Hall–Kier alpha value is -2.78. The Morgan fingerprint density at radius 2 is 1.57 bits per heavy atom. The number of nitrogens with zero attached hydrogens (tertiary/aromatic N) is 1. The number of benzene rings is 2. The van der Waals surface area contributed by atoms with Crippen LogP contribution in [0.5, 0.6) is 5.75 Å². The topological polar surface area (TPSA) is 83.9 Å². The summed E-state index contributed by atoms with van der Waals surface area (Å²) in [5.41, 5.74) is 3.91. The highest BCUT2D eigenvalue weighted by atomic mass is 79.9. The monoisotopic (exact) mass is 631 g/mol. The summed E-state index contributed by atoms with van der Waals surface area (Å²) in [5.74, 6) is -1.49. The van der Waals surface area contributed by atoms with E-state index >= 15 is 0 Å². The van der Waals surface area contributed by atoms with E-state index in [4.69, 9.17) is 4.74 Å². The smallest absolute Gasteiger partial charge is 0.323 e. The molecule has 37 heavy (non-hydrogen) atoms. The molecule has 3 aliphatic rings. The standard InChI is InChI=1S/C28H24Br2FNO5/c29-18-11-16(12-19(30)28(18)37-14-15-4-1-5-17(31)10-15)25-26-20(6-2-8-22(26)33)32(13-24(35)36)21-7-3-9-23(34)27(21)25/h1,4-5,10-12,25H,2-3,6-9,13-14H2,(H,35,36). The van der Waals surface area contributed by atoms with Crippen LogP contribution in [0.15, 0.2) is 67.9 Å². The van der Waals surface area contributed by atoms with Gasteiger partial charge in [-0.1, -0.05) is 12.1 Å². The fourth-order valence-corrected chi connectivity index (χ4v) is 6.99. The Morgan fingerprint density at radius 3 is 2.11 bits per heavy atom. The van der Waals surface area contributed by atoms with Gasteiger partial charge in [0.15, 0.2) is 11.6 Å². The van der Waals surface area contributed by atoms with Gasteiger partial charge in [-0.25, -0.2) is 4.39 Å². The average molecular weight is 633 g/mol. The molecule has 1 heterocycles. The number of allylic oxidation sites excluding steroid dienone is 4. The number of Topliss-reactive ketones (excluding diaryl/α,β-unsaturated/α-hetero) is 2. The van der Waals surface area contributed by atoms with Crippen LogP contribution < -0.4 is 4.74 Å². The summed E-state index contributed by atoms with van der Waals surface area (Å²) in [6.45, 7) is -0.116. The van der Waals surface area contributed by atoms with Crippen molar-refractivity contribution in [2.45, 2.75) is 51.0 Å². The quantitative estimate of drug-likeness (QED) is 0.395. The van der Waals surface area contributed by atoms with Gasteiger partial charge in [-0.2, -0.15) is 0 Å². The first kappa shape index (κ1) is 25.9. The molecule has 192 valence electrons. The lowest BCUT2D eigenvalue weighted by atomic mass is 9.71. The van der Waals surface area contributed by atoms with Gasteiger partial charge in [0.2, 0.25) is 0 Å². The van der Waals surface area contributed by atoms with E-state index in [-0.39, 0.29) is 30.5 Å². The summed E-state index contributed by atoms with van der Waals surface area (Å²) in [7, 11) is 0. The van der Waals surface area contributed by atoms with Crippen LogP contribution in [0.1, 0.15) is 55.6 Å². The molecule has 2 aliphatic carbocycles. The van der Waals surface area contributed by atoms with Crippen molar-refractivity contribution in [2.24, 2.45) is 0 Å². The number of rotatable bonds is 6. The Bertz CT molecular complexity index is 1320. The summed E-state index contributed by atoms with van der Waals surface area (Å²) in [6.07, 6.45) is 3.21. The van der Waals surface area contributed by atoms with Crippen molar-refractivity contribution in [3.63, 3.8) is 0 Å². The Morgan fingerprint density at radius 1 is 0.973 bits per heavy atom. The molecular formula is C28H24Br2FNO5. The SMILES string of the molecule is O=C(O)CN1C2=C(C(=O)CCC2)C(c2cc(Br)c(OCc3cccc(F)c3)c(Br)c2)C2=C1CCCC2=O. The third kappa shape index (κ3) is 5.03. The van der Waals surface area contributed by atoms with Gasteiger partial charge in [0.05, 0.1) is 8.95 Å². The van der Waals surface area contributed by atoms with Crippen LogP contribution in [0, 0.1) is 5.82 Å². The second-order valence-electron chi connectivity index (χ2n) is 9.42. The van der Waals surface area contributed by atoms with Crippen molar-refractivity contribution < 1.29 is 28.6 Å². The molecule has 0 saturated heterocycles. The molecule has 1 N–H and O–H groups in total. The molecule has 0 amide bonds. The highest BCUT2D eigenvalue weighted by Gasteiger charge is 2.44. The maximum atomic E-state index is 13.6. The van der Waals surface area contributed by atoms with Crippen LogP contribution in [0.4, 0.5) is 4.39 Å². The highest BCUT2D eigenvalue weighted by Crippen LogP contribution is 2.50. The molecule has 6 nitrogen and oxygen atoms in total. The number of carboxylic acids is 1. The maximum Gasteiger partial charge on any atom is 0.323 e. The molecule has 1 aliphatic heterocycles. The lowest BCUT2D eigenvalue weighted by molar-refractivity contribution is -0.138. The van der Waals surface area contributed by atoms with Crippen LogP contribution in [-0.2, 0) is 21.0 Å². The summed E-state index contributed by atoms with van der Waals surface area (Å²) >= 11 is 7.17. The summed E-state index contributed by atoms with van der Waals surface area (Å²) in [6, 6.07) is 9.88. The minimum absolute atomic E-state index is 0.0507. The van der Waals surface area contributed by atoms with E-state index in [1.165, 1.54) is 12.1 Å². The molecule has 2 aromatic carbocycles. The van der Waals surface area contributed by atoms with Gasteiger partial charge >= 0.3 is 5.97 Å². The van der Waals surface area contributed by atoms with E-state index in [1.54, 1.807) is 17.0 Å². The molecule has 0 atom stereocenters. The largest absolute Gasteiger partial charge is 0.487 e. The fraction of sp³-hybridized carbons (Fsp3) is 0.321. The average Bonchev–Trinajstić information content (AvgIpc) is 2.84. The van der Waals surface area contributed by atoms with Gasteiger partial charge < -0.3 is 14.7 Å². The number of hydrogen-bond donors (Lipinski definition) is 1. The maximum absolute atomic E-state index is 13.6. The van der Waals surface area contributed by atoms with Crippen LogP contribution >= 0.6 is 31.9 Å². The summed E-state index contributed by atoms with van der Waals surface area (Å²) in [4.78, 5) is 40.1. The van der Waals surface area contributed by atoms with E-state index < -0.39 is 11.9 Å².